The summed E-state index contributed by atoms with van der Waals surface area (Å²) in [5.74, 6) is -0.430. The van der Waals surface area contributed by atoms with Crippen molar-refractivity contribution in [1.82, 2.24) is 0 Å². The van der Waals surface area contributed by atoms with Gasteiger partial charge in [0, 0.05) is 26.4 Å². The maximum Gasteiger partial charge on any atom is 0.306 e. The topological polar surface area (TPSA) is 153 Å². The highest BCUT2D eigenvalue weighted by Crippen LogP contribution is 2.30. The van der Waals surface area contributed by atoms with Gasteiger partial charge in [0.05, 0.1) is 44.7 Å². The fourth-order valence-corrected chi connectivity index (χ4v) is 5.34. The number of methoxy groups -OCH3 is 1. The Bertz CT molecular complexity index is 921. The molecule has 2 aliphatic rings. The molecule has 2 aliphatic heterocycles. The van der Waals surface area contributed by atoms with Gasteiger partial charge >= 0.3 is 5.97 Å². The molecule has 0 aromatic heterocycles. The minimum atomic E-state index is -0.969. The molecule has 11 nitrogen and oxygen atoms in total. The summed E-state index contributed by atoms with van der Waals surface area (Å²) in [6.07, 6.45) is 21.8. The first-order valence-corrected chi connectivity index (χ1v) is 17.4. The van der Waals surface area contributed by atoms with Crippen molar-refractivity contribution in [3.63, 3.8) is 0 Å². The first-order valence-electron chi connectivity index (χ1n) is 17.4. The van der Waals surface area contributed by atoms with Gasteiger partial charge in [-0.15, -0.1) is 0 Å². The van der Waals surface area contributed by atoms with Gasteiger partial charge in [0.1, 0.15) is 18.3 Å². The van der Waals surface area contributed by atoms with E-state index in [-0.39, 0.29) is 26.2 Å². The Morgan fingerprint density at radius 3 is 2.13 bits per heavy atom. The van der Waals surface area contributed by atoms with Crippen LogP contribution in [-0.4, -0.2) is 109 Å². The molecule has 0 spiro atoms. The van der Waals surface area contributed by atoms with Crippen LogP contribution in [0, 0.1) is 0 Å². The van der Waals surface area contributed by atoms with Gasteiger partial charge in [0.25, 0.3) is 0 Å². The number of hydrogen-bond acceptors (Lipinski definition) is 11. The SMILES string of the molecule is CCCCC/C=C\C/C=C\C/C=C\C/C=C\CCCC(=O)OC(CO)CO[C@@H]1O[C@H](CO)C[C@H](O[C@H]2CC[C@H](O)[C@@H](CO)O2)[C@H]1OC. The van der Waals surface area contributed by atoms with Gasteiger partial charge in [-0.2, -0.15) is 0 Å². The highest BCUT2D eigenvalue weighted by atomic mass is 16.7. The predicted molar refractivity (Wildman–Crippen MR) is 178 cm³/mol. The molecule has 2 fully saturated rings. The lowest BCUT2D eigenvalue weighted by atomic mass is 10.0. The van der Waals surface area contributed by atoms with Gasteiger partial charge in [-0.1, -0.05) is 68.4 Å². The number of carbonyl (C=O) groups is 1. The molecular weight excluding hydrogens is 608 g/mol. The van der Waals surface area contributed by atoms with E-state index in [2.05, 4.69) is 55.5 Å². The van der Waals surface area contributed by atoms with Crippen LogP contribution in [0.3, 0.4) is 0 Å². The zero-order chi connectivity index (χ0) is 34.1. The second-order valence-electron chi connectivity index (χ2n) is 12.0. The summed E-state index contributed by atoms with van der Waals surface area (Å²) in [5.41, 5.74) is 0. The predicted octanol–water partition coefficient (Wildman–Crippen LogP) is 4.42. The van der Waals surface area contributed by atoms with Crippen molar-refractivity contribution in [3.8, 4) is 0 Å². The third-order valence-corrected chi connectivity index (χ3v) is 8.05. The van der Waals surface area contributed by atoms with Crippen LogP contribution in [0.5, 0.6) is 0 Å². The van der Waals surface area contributed by atoms with Crippen LogP contribution in [0.1, 0.15) is 90.4 Å². The van der Waals surface area contributed by atoms with Gasteiger partial charge in [0.2, 0.25) is 0 Å². The van der Waals surface area contributed by atoms with Crippen molar-refractivity contribution >= 4 is 5.97 Å². The minimum Gasteiger partial charge on any atom is -0.457 e. The first-order chi connectivity index (χ1) is 22.9. The van der Waals surface area contributed by atoms with E-state index >= 15 is 0 Å². The number of ether oxygens (including phenoxy) is 6. The lowest BCUT2D eigenvalue weighted by molar-refractivity contribution is -0.319. The summed E-state index contributed by atoms with van der Waals surface area (Å²) in [4.78, 5) is 12.4. The van der Waals surface area contributed by atoms with E-state index in [1.165, 1.54) is 32.8 Å². The van der Waals surface area contributed by atoms with Crippen molar-refractivity contribution in [3.05, 3.63) is 48.6 Å². The van der Waals surface area contributed by atoms with Gasteiger partial charge in [-0.05, 0) is 51.4 Å². The van der Waals surface area contributed by atoms with Crippen LogP contribution < -0.4 is 0 Å². The molecule has 270 valence electrons. The molecule has 0 aliphatic carbocycles. The zero-order valence-electron chi connectivity index (χ0n) is 28.4. The van der Waals surface area contributed by atoms with E-state index in [1.54, 1.807) is 0 Å². The first kappa shape index (κ1) is 41.2. The van der Waals surface area contributed by atoms with E-state index in [0.29, 0.717) is 25.7 Å². The Balaban J connectivity index is 1.66. The number of esters is 1. The van der Waals surface area contributed by atoms with E-state index in [0.717, 1.165) is 25.7 Å². The molecule has 11 heteroatoms. The van der Waals surface area contributed by atoms with Crippen LogP contribution in [0.4, 0.5) is 0 Å². The smallest absolute Gasteiger partial charge is 0.306 e. The standard InChI is InChI=1S/C36H60O11/c1-3-4-5-6-7-8-9-10-11-12-13-14-15-16-17-18-19-20-33(41)44-29(25-38)27-43-36-35(42-2)31(23-28(24-37)45-36)46-34-22-21-30(40)32(26-39)47-34/h7-8,10-11,13-14,16-17,28-32,34-40H,3-6,9,12,15,18-27H2,1-2H3/b8-7-,11-10-,14-13-,17-16-/t28-,29?,30-,31-,32+,34+,35+,36+/m0/s1. The molecule has 4 N–H and O–H groups in total. The van der Waals surface area contributed by atoms with Gasteiger partial charge < -0.3 is 48.8 Å². The zero-order valence-corrected chi connectivity index (χ0v) is 28.4. The highest BCUT2D eigenvalue weighted by molar-refractivity contribution is 5.69. The summed E-state index contributed by atoms with van der Waals surface area (Å²) in [5, 5.41) is 39.0. The highest BCUT2D eigenvalue weighted by Gasteiger charge is 2.43. The van der Waals surface area contributed by atoms with Gasteiger partial charge in [0.15, 0.2) is 12.6 Å². The molecule has 0 aromatic carbocycles. The maximum atomic E-state index is 12.4. The number of unbranched alkanes of at least 4 members (excludes halogenated alkanes) is 4. The van der Waals surface area contributed by atoms with Crippen LogP contribution in [0.15, 0.2) is 48.6 Å². The molecular formula is C36H60O11. The van der Waals surface area contributed by atoms with Crippen molar-refractivity contribution < 1.29 is 53.6 Å². The molecule has 47 heavy (non-hydrogen) atoms. The summed E-state index contributed by atoms with van der Waals surface area (Å²) < 4.78 is 34.5. The normalized spacial score (nSPS) is 27.8. The number of rotatable bonds is 24. The Hall–Kier alpha value is -1.93. The average molecular weight is 669 g/mol. The minimum absolute atomic E-state index is 0.145. The molecule has 8 atom stereocenters. The second-order valence-corrected chi connectivity index (χ2v) is 12.0. The maximum absolute atomic E-state index is 12.4. The fourth-order valence-electron chi connectivity index (χ4n) is 5.34. The molecule has 2 rings (SSSR count). The van der Waals surface area contributed by atoms with Crippen molar-refractivity contribution in [1.29, 1.82) is 0 Å². The van der Waals surface area contributed by atoms with Gasteiger partial charge in [-0.25, -0.2) is 0 Å². The summed E-state index contributed by atoms with van der Waals surface area (Å²) >= 11 is 0. The summed E-state index contributed by atoms with van der Waals surface area (Å²) in [6.45, 7) is 1.03. The van der Waals surface area contributed by atoms with E-state index in [1.807, 2.05) is 0 Å². The monoisotopic (exact) mass is 668 g/mol. The van der Waals surface area contributed by atoms with E-state index in [4.69, 9.17) is 28.4 Å². The van der Waals surface area contributed by atoms with Crippen LogP contribution >= 0.6 is 0 Å². The van der Waals surface area contributed by atoms with Crippen LogP contribution in [0.2, 0.25) is 0 Å². The molecule has 0 saturated carbocycles. The van der Waals surface area contributed by atoms with E-state index < -0.39 is 61.8 Å². The molecule has 2 heterocycles. The Kier molecular flexibility index (Phi) is 22.8. The number of aliphatic hydroxyl groups is 4. The molecule has 1 unspecified atom stereocenters. The number of hydrogen-bond donors (Lipinski definition) is 4. The Morgan fingerprint density at radius 1 is 0.872 bits per heavy atom. The molecule has 0 amide bonds. The van der Waals surface area contributed by atoms with Crippen molar-refractivity contribution in [2.24, 2.45) is 0 Å². The third kappa shape index (κ3) is 17.3. The lowest BCUT2D eigenvalue weighted by Crippen LogP contribution is -2.55. The number of aliphatic hydroxyl groups excluding tert-OH is 4. The summed E-state index contributed by atoms with van der Waals surface area (Å²) in [7, 11) is 1.48. The van der Waals surface area contributed by atoms with E-state index in [9.17, 15) is 25.2 Å². The quantitative estimate of drug-likeness (QED) is 0.0657. The fraction of sp³-hybridized carbons (Fsp3) is 0.750. The molecule has 0 aromatic rings. The Labute approximate surface area is 281 Å². The largest absolute Gasteiger partial charge is 0.457 e. The van der Waals surface area contributed by atoms with Gasteiger partial charge in [-0.3, -0.25) is 4.79 Å². The lowest BCUT2D eigenvalue weighted by Gasteiger charge is -2.42. The second kappa shape index (κ2) is 26.0. The molecule has 0 bridgehead atoms. The number of allylic oxidation sites excluding steroid dienone is 8. The summed E-state index contributed by atoms with van der Waals surface area (Å²) in [6, 6.07) is 0. The third-order valence-electron chi connectivity index (χ3n) is 8.05. The average Bonchev–Trinajstić information content (AvgIpc) is 3.08. The molecule has 2 saturated heterocycles. The number of carbonyl (C=O) groups excluding carboxylic acids is 1. The van der Waals surface area contributed by atoms with Crippen LogP contribution in [-0.2, 0) is 33.2 Å². The molecule has 0 radical (unpaired) electrons. The van der Waals surface area contributed by atoms with Crippen LogP contribution in [0.25, 0.3) is 0 Å². The van der Waals surface area contributed by atoms with Crippen molar-refractivity contribution in [2.45, 2.75) is 140 Å². The Morgan fingerprint density at radius 2 is 1.53 bits per heavy atom. The van der Waals surface area contributed by atoms with Crippen molar-refractivity contribution in [2.75, 3.05) is 33.5 Å².